The number of piperidine rings is 1. The molecule has 6 nitrogen and oxygen atoms in total. The third kappa shape index (κ3) is 5.27. The van der Waals surface area contributed by atoms with Crippen molar-refractivity contribution in [1.29, 1.82) is 0 Å². The van der Waals surface area contributed by atoms with E-state index in [9.17, 15) is 14.7 Å². The number of rotatable bonds is 10. The second-order valence-corrected chi connectivity index (χ2v) is 11.9. The van der Waals surface area contributed by atoms with E-state index < -0.39 is 11.4 Å². The van der Waals surface area contributed by atoms with Gasteiger partial charge in [-0.15, -0.1) is 0 Å². The van der Waals surface area contributed by atoms with Crippen molar-refractivity contribution < 1.29 is 24.2 Å². The van der Waals surface area contributed by atoms with Crippen molar-refractivity contribution in [2.45, 2.75) is 96.1 Å². The molecule has 2 fully saturated rings. The Morgan fingerprint density at radius 1 is 1.10 bits per heavy atom. The van der Waals surface area contributed by atoms with E-state index in [1.165, 1.54) is 24.0 Å². The fourth-order valence-electron chi connectivity index (χ4n) is 7.51. The van der Waals surface area contributed by atoms with Crippen LogP contribution in [0.1, 0.15) is 88.3 Å². The molecule has 2 bridgehead atoms. The molecule has 0 radical (unpaired) electrons. The smallest absolute Gasteiger partial charge is 0.410 e. The lowest BCUT2D eigenvalue weighted by Gasteiger charge is -2.58. The second kappa shape index (κ2) is 11.6. The minimum absolute atomic E-state index is 0.0446. The number of unbranched alkanes of at least 4 members (excludes halogenated alkanes) is 1. The van der Waals surface area contributed by atoms with Crippen molar-refractivity contribution in [3.05, 3.63) is 65.2 Å². The Balaban J connectivity index is 1.36. The Morgan fingerprint density at radius 3 is 2.67 bits per heavy atom. The number of likely N-dealkylation sites (tertiary alicyclic amines) is 1. The summed E-state index contributed by atoms with van der Waals surface area (Å²) in [6.07, 6.45) is 9.21. The normalized spacial score (nSPS) is 25.1. The molecule has 1 unspecified atom stereocenters. The Bertz CT molecular complexity index is 1170. The number of nitrogens with zero attached hydrogens (tertiary/aromatic N) is 1. The first-order chi connectivity index (χ1) is 18.9. The predicted octanol–water partition coefficient (Wildman–Crippen LogP) is 7.13. The summed E-state index contributed by atoms with van der Waals surface area (Å²) in [5.74, 6) is 0.410. The van der Waals surface area contributed by atoms with Crippen LogP contribution in [0, 0.1) is 11.3 Å². The number of ether oxygens (including phenoxy) is 2. The molecule has 2 aromatic rings. The molecule has 2 aromatic carbocycles. The van der Waals surface area contributed by atoms with Gasteiger partial charge in [0.1, 0.15) is 24.4 Å². The summed E-state index contributed by atoms with van der Waals surface area (Å²) in [4.78, 5) is 27.5. The molecule has 39 heavy (non-hydrogen) atoms. The third-order valence-electron chi connectivity index (χ3n) is 9.90. The van der Waals surface area contributed by atoms with Gasteiger partial charge in [-0.3, -0.25) is 4.79 Å². The Morgan fingerprint density at radius 2 is 1.92 bits per heavy atom. The van der Waals surface area contributed by atoms with E-state index in [2.05, 4.69) is 19.1 Å². The number of amides is 1. The molecule has 0 aromatic heterocycles. The molecular weight excluding hydrogens is 490 g/mol. The summed E-state index contributed by atoms with van der Waals surface area (Å²) >= 11 is 0. The van der Waals surface area contributed by atoms with E-state index in [0.717, 1.165) is 49.8 Å². The highest BCUT2D eigenvalue weighted by Gasteiger charge is 2.55. The highest BCUT2D eigenvalue weighted by molar-refractivity contribution is 5.74. The number of benzene rings is 2. The van der Waals surface area contributed by atoms with E-state index in [0.29, 0.717) is 31.9 Å². The molecule has 210 valence electrons. The zero-order chi connectivity index (χ0) is 27.5. The Hall–Kier alpha value is -3.02. The maximum Gasteiger partial charge on any atom is 0.410 e. The van der Waals surface area contributed by atoms with Gasteiger partial charge in [0.15, 0.2) is 0 Å². The maximum atomic E-state index is 13.3. The van der Waals surface area contributed by atoms with Gasteiger partial charge in [-0.2, -0.15) is 0 Å². The van der Waals surface area contributed by atoms with Crippen molar-refractivity contribution in [3.63, 3.8) is 0 Å². The number of carboxylic acids is 1. The van der Waals surface area contributed by atoms with Gasteiger partial charge in [-0.1, -0.05) is 75.9 Å². The topological polar surface area (TPSA) is 76.1 Å². The van der Waals surface area contributed by atoms with E-state index in [1.807, 2.05) is 48.2 Å². The van der Waals surface area contributed by atoms with E-state index in [-0.39, 0.29) is 24.2 Å². The Kier molecular flexibility index (Phi) is 8.20. The van der Waals surface area contributed by atoms with Gasteiger partial charge in [-0.05, 0) is 73.3 Å². The fourth-order valence-corrected chi connectivity index (χ4v) is 7.51. The van der Waals surface area contributed by atoms with Crippen molar-refractivity contribution >= 4 is 12.1 Å². The number of aliphatic carboxylic acids is 1. The van der Waals surface area contributed by atoms with Gasteiger partial charge in [-0.25, -0.2) is 4.79 Å². The summed E-state index contributed by atoms with van der Waals surface area (Å²) in [5.41, 5.74) is 2.85. The molecule has 4 atom stereocenters. The van der Waals surface area contributed by atoms with E-state index in [1.54, 1.807) is 0 Å². The van der Waals surface area contributed by atoms with Gasteiger partial charge in [0.05, 0.1) is 0 Å². The van der Waals surface area contributed by atoms with Gasteiger partial charge < -0.3 is 19.5 Å². The SMILES string of the molecule is CCCCC(CC)(COc1ccc2c(c1)[C@@]13CCCC[C@H]1[C@@H](C2)N(C(=O)OCc1ccccc1)CC3)C(=O)O. The van der Waals surface area contributed by atoms with Crippen LogP contribution < -0.4 is 4.74 Å². The molecule has 2 aliphatic carbocycles. The lowest BCUT2D eigenvalue weighted by Crippen LogP contribution is -2.62. The van der Waals surface area contributed by atoms with Crippen molar-refractivity contribution in [2.24, 2.45) is 11.3 Å². The predicted molar refractivity (Wildman–Crippen MR) is 151 cm³/mol. The minimum Gasteiger partial charge on any atom is -0.492 e. The first kappa shape index (κ1) is 27.5. The van der Waals surface area contributed by atoms with Crippen molar-refractivity contribution in [1.82, 2.24) is 4.90 Å². The lowest BCUT2D eigenvalue weighted by molar-refractivity contribution is -0.151. The van der Waals surface area contributed by atoms with Crippen LogP contribution in [0.25, 0.3) is 0 Å². The number of carbonyl (C=O) groups is 2. The molecule has 1 N–H and O–H groups in total. The molecule has 1 saturated carbocycles. The number of hydrogen-bond acceptors (Lipinski definition) is 4. The Labute approximate surface area is 232 Å². The lowest BCUT2D eigenvalue weighted by atomic mass is 9.52. The summed E-state index contributed by atoms with van der Waals surface area (Å²) < 4.78 is 12.1. The van der Waals surface area contributed by atoms with Crippen LogP contribution in [0.4, 0.5) is 4.79 Å². The van der Waals surface area contributed by atoms with Crippen LogP contribution in [0.3, 0.4) is 0 Å². The van der Waals surface area contributed by atoms with Crippen LogP contribution in [-0.4, -0.2) is 41.3 Å². The first-order valence-corrected chi connectivity index (χ1v) is 14.9. The van der Waals surface area contributed by atoms with Crippen molar-refractivity contribution in [2.75, 3.05) is 13.2 Å². The minimum atomic E-state index is -0.853. The average molecular weight is 534 g/mol. The van der Waals surface area contributed by atoms with E-state index in [4.69, 9.17) is 9.47 Å². The van der Waals surface area contributed by atoms with E-state index >= 15 is 0 Å². The van der Waals surface area contributed by atoms with Gasteiger partial charge in [0.25, 0.3) is 0 Å². The zero-order valence-corrected chi connectivity index (χ0v) is 23.5. The standard InChI is InChI=1S/C33H43NO5/c1-3-5-16-32(4-2,30(35)36)23-39-26-15-14-25-20-29-27-13-9-10-17-33(27,28(25)21-26)18-19-34(29)31(37)38-22-24-11-7-6-8-12-24/h6-8,11-12,14-15,21,27,29H,3-5,9-10,13,16-20,22-23H2,1-2H3,(H,35,36)/t27-,29+,32?,33+/m0/s1. The number of carboxylic acid groups (broad SMARTS) is 1. The molecular formula is C33H43NO5. The van der Waals surface area contributed by atoms with Crippen LogP contribution in [0.2, 0.25) is 0 Å². The highest BCUT2D eigenvalue weighted by atomic mass is 16.6. The average Bonchev–Trinajstić information content (AvgIpc) is 2.97. The summed E-state index contributed by atoms with van der Waals surface area (Å²) in [6, 6.07) is 16.4. The van der Waals surface area contributed by atoms with Crippen molar-refractivity contribution in [3.8, 4) is 5.75 Å². The highest BCUT2D eigenvalue weighted by Crippen LogP contribution is 2.56. The first-order valence-electron chi connectivity index (χ1n) is 14.9. The van der Waals surface area contributed by atoms with Gasteiger partial charge in [0, 0.05) is 18.0 Å². The van der Waals surface area contributed by atoms with Crippen LogP contribution in [-0.2, 0) is 28.0 Å². The quantitative estimate of drug-likeness (QED) is 0.352. The van der Waals surface area contributed by atoms with Crippen LogP contribution >= 0.6 is 0 Å². The number of fused-ring (bicyclic) bond motifs is 1. The molecule has 1 amide bonds. The van der Waals surface area contributed by atoms with Crippen LogP contribution in [0.5, 0.6) is 5.75 Å². The monoisotopic (exact) mass is 533 g/mol. The maximum absolute atomic E-state index is 13.3. The fraction of sp³-hybridized carbons (Fsp3) is 0.576. The molecule has 5 rings (SSSR count). The third-order valence-corrected chi connectivity index (χ3v) is 9.90. The largest absolute Gasteiger partial charge is 0.492 e. The molecule has 1 saturated heterocycles. The summed E-state index contributed by atoms with van der Waals surface area (Å²) in [7, 11) is 0. The zero-order valence-electron chi connectivity index (χ0n) is 23.5. The molecule has 0 spiro atoms. The summed E-state index contributed by atoms with van der Waals surface area (Å²) in [6.45, 7) is 5.23. The molecule has 1 aliphatic heterocycles. The number of hydrogen-bond donors (Lipinski definition) is 1. The second-order valence-electron chi connectivity index (χ2n) is 11.9. The summed E-state index contributed by atoms with van der Waals surface area (Å²) in [5, 5.41) is 10.0. The molecule has 1 heterocycles. The molecule has 6 heteroatoms. The van der Waals surface area contributed by atoms with Gasteiger partial charge in [0.2, 0.25) is 0 Å². The van der Waals surface area contributed by atoms with Gasteiger partial charge >= 0.3 is 12.1 Å². The van der Waals surface area contributed by atoms with Crippen LogP contribution in [0.15, 0.2) is 48.5 Å². The number of carbonyl (C=O) groups excluding carboxylic acids is 1. The molecule has 3 aliphatic rings.